The average molecular weight is 238 g/mol. The molecule has 0 aromatic heterocycles. The second-order valence-corrected chi connectivity index (χ2v) is 5.90. The first-order valence-electron chi connectivity index (χ1n) is 5.99. The number of hydrogen-bond acceptors (Lipinski definition) is 1. The van der Waals surface area contributed by atoms with Crippen LogP contribution in [0.25, 0.3) is 0 Å². The van der Waals surface area contributed by atoms with Crippen LogP contribution < -0.4 is 5.32 Å². The predicted molar refractivity (Wildman–Crippen MR) is 70.3 cm³/mol. The standard InChI is InChI=1S/C14H20ClN/c1-9(2)11-7-10-5-6-16-14(3,4)13(10)12(15)8-11/h7-9,16H,5-6H2,1-4H3. The summed E-state index contributed by atoms with van der Waals surface area (Å²) in [5.74, 6) is 0.542. The summed E-state index contributed by atoms with van der Waals surface area (Å²) in [6.45, 7) is 9.87. The van der Waals surface area contributed by atoms with Gasteiger partial charge in [-0.3, -0.25) is 0 Å². The van der Waals surface area contributed by atoms with Crippen LogP contribution in [0.4, 0.5) is 0 Å². The summed E-state index contributed by atoms with van der Waals surface area (Å²) in [6, 6.07) is 4.45. The van der Waals surface area contributed by atoms with Crippen molar-refractivity contribution in [2.45, 2.75) is 45.6 Å². The van der Waals surface area contributed by atoms with Crippen LogP contribution in [0.2, 0.25) is 5.02 Å². The molecule has 2 rings (SSSR count). The van der Waals surface area contributed by atoms with Crippen LogP contribution in [0.1, 0.15) is 50.3 Å². The molecule has 0 bridgehead atoms. The Morgan fingerprint density at radius 2 is 2.00 bits per heavy atom. The summed E-state index contributed by atoms with van der Waals surface area (Å²) in [5.41, 5.74) is 4.05. The zero-order valence-corrected chi connectivity index (χ0v) is 11.3. The minimum Gasteiger partial charge on any atom is -0.307 e. The number of fused-ring (bicyclic) bond motifs is 1. The maximum atomic E-state index is 6.44. The highest BCUT2D eigenvalue weighted by Crippen LogP contribution is 2.36. The van der Waals surface area contributed by atoms with E-state index in [-0.39, 0.29) is 5.54 Å². The van der Waals surface area contributed by atoms with E-state index in [1.54, 1.807) is 0 Å². The molecule has 1 aromatic carbocycles. The summed E-state index contributed by atoms with van der Waals surface area (Å²) in [6.07, 6.45) is 1.08. The summed E-state index contributed by atoms with van der Waals surface area (Å²) in [4.78, 5) is 0. The van der Waals surface area contributed by atoms with E-state index in [0.717, 1.165) is 18.0 Å². The Hall–Kier alpha value is -0.530. The lowest BCUT2D eigenvalue weighted by molar-refractivity contribution is 0.382. The molecule has 0 unspecified atom stereocenters. The third kappa shape index (κ3) is 1.99. The quantitative estimate of drug-likeness (QED) is 0.783. The van der Waals surface area contributed by atoms with Gasteiger partial charge in [0.25, 0.3) is 0 Å². The highest BCUT2D eigenvalue weighted by atomic mass is 35.5. The molecule has 1 aromatic rings. The van der Waals surface area contributed by atoms with E-state index in [0.29, 0.717) is 5.92 Å². The van der Waals surface area contributed by atoms with Gasteiger partial charge in [0, 0.05) is 10.6 Å². The van der Waals surface area contributed by atoms with Crippen molar-refractivity contribution in [3.05, 3.63) is 33.8 Å². The maximum absolute atomic E-state index is 6.44. The lowest BCUT2D eigenvalue weighted by Crippen LogP contribution is -2.42. The Bertz CT molecular complexity index is 407. The molecule has 1 N–H and O–H groups in total. The van der Waals surface area contributed by atoms with Crippen LogP contribution in [-0.2, 0) is 12.0 Å². The molecular weight excluding hydrogens is 218 g/mol. The summed E-state index contributed by atoms with van der Waals surface area (Å²) in [5, 5.41) is 4.43. The summed E-state index contributed by atoms with van der Waals surface area (Å²) >= 11 is 6.44. The molecular formula is C14H20ClN. The van der Waals surface area contributed by atoms with Crippen molar-refractivity contribution in [3.8, 4) is 0 Å². The van der Waals surface area contributed by atoms with Crippen LogP contribution in [0.5, 0.6) is 0 Å². The molecule has 0 atom stereocenters. The average Bonchev–Trinajstić information content (AvgIpc) is 2.15. The van der Waals surface area contributed by atoms with Crippen LogP contribution in [0.3, 0.4) is 0 Å². The van der Waals surface area contributed by atoms with Gasteiger partial charge in [-0.25, -0.2) is 0 Å². The zero-order valence-electron chi connectivity index (χ0n) is 10.5. The van der Waals surface area contributed by atoms with E-state index in [1.807, 2.05) is 0 Å². The van der Waals surface area contributed by atoms with E-state index < -0.39 is 0 Å². The zero-order chi connectivity index (χ0) is 11.9. The van der Waals surface area contributed by atoms with E-state index in [9.17, 15) is 0 Å². The largest absolute Gasteiger partial charge is 0.307 e. The van der Waals surface area contributed by atoms with Gasteiger partial charge in [-0.2, -0.15) is 0 Å². The smallest absolute Gasteiger partial charge is 0.0462 e. The van der Waals surface area contributed by atoms with Crippen molar-refractivity contribution >= 4 is 11.6 Å². The summed E-state index contributed by atoms with van der Waals surface area (Å²) < 4.78 is 0. The van der Waals surface area contributed by atoms with Gasteiger partial charge in [-0.1, -0.05) is 31.5 Å². The van der Waals surface area contributed by atoms with E-state index in [4.69, 9.17) is 11.6 Å². The molecule has 1 nitrogen and oxygen atoms in total. The van der Waals surface area contributed by atoms with Crippen LogP contribution in [0.15, 0.2) is 12.1 Å². The molecule has 0 spiro atoms. The SMILES string of the molecule is CC(C)c1cc(Cl)c2c(c1)CCNC2(C)C. The minimum absolute atomic E-state index is 0.000175. The van der Waals surface area contributed by atoms with Crippen LogP contribution in [-0.4, -0.2) is 6.54 Å². The fourth-order valence-electron chi connectivity index (χ4n) is 2.52. The highest BCUT2D eigenvalue weighted by molar-refractivity contribution is 6.31. The van der Waals surface area contributed by atoms with E-state index in [2.05, 4.69) is 45.1 Å². The molecule has 0 aliphatic carbocycles. The van der Waals surface area contributed by atoms with Gasteiger partial charge in [0.05, 0.1) is 0 Å². The summed E-state index contributed by atoms with van der Waals surface area (Å²) in [7, 11) is 0. The van der Waals surface area contributed by atoms with Gasteiger partial charge in [-0.05, 0) is 55.5 Å². The van der Waals surface area contributed by atoms with Gasteiger partial charge in [0.15, 0.2) is 0 Å². The molecule has 1 aliphatic rings. The van der Waals surface area contributed by atoms with Crippen LogP contribution in [0, 0.1) is 0 Å². The third-order valence-corrected chi connectivity index (χ3v) is 3.75. The van der Waals surface area contributed by atoms with Gasteiger partial charge >= 0.3 is 0 Å². The second kappa shape index (κ2) is 4.05. The predicted octanol–water partition coefficient (Wildman–Crippen LogP) is 3.84. The number of halogens is 1. The molecule has 1 aliphatic heterocycles. The van der Waals surface area contributed by atoms with Crippen molar-refractivity contribution in [1.29, 1.82) is 0 Å². The third-order valence-electron chi connectivity index (χ3n) is 3.45. The first-order valence-corrected chi connectivity index (χ1v) is 6.37. The molecule has 16 heavy (non-hydrogen) atoms. The minimum atomic E-state index is 0.000175. The first kappa shape index (κ1) is 11.9. The van der Waals surface area contributed by atoms with E-state index in [1.165, 1.54) is 16.7 Å². The Morgan fingerprint density at radius 1 is 1.31 bits per heavy atom. The fraction of sp³-hybridized carbons (Fsp3) is 0.571. The molecule has 1 heterocycles. The Balaban J connectivity index is 2.57. The maximum Gasteiger partial charge on any atom is 0.0462 e. The Morgan fingerprint density at radius 3 is 2.62 bits per heavy atom. The lowest BCUT2D eigenvalue weighted by Gasteiger charge is -2.35. The van der Waals surface area contributed by atoms with Crippen molar-refractivity contribution in [2.75, 3.05) is 6.54 Å². The first-order chi connectivity index (χ1) is 7.42. The number of nitrogens with one attached hydrogen (secondary N) is 1. The lowest BCUT2D eigenvalue weighted by atomic mass is 9.83. The molecule has 0 amide bonds. The Kier molecular flexibility index (Phi) is 3.02. The normalized spacial score (nSPS) is 18.6. The Labute approximate surface area is 103 Å². The van der Waals surface area contributed by atoms with Crippen molar-refractivity contribution in [3.63, 3.8) is 0 Å². The molecule has 0 saturated carbocycles. The van der Waals surface area contributed by atoms with Gasteiger partial charge < -0.3 is 5.32 Å². The highest BCUT2D eigenvalue weighted by Gasteiger charge is 2.29. The van der Waals surface area contributed by atoms with E-state index >= 15 is 0 Å². The van der Waals surface area contributed by atoms with Crippen LogP contribution >= 0.6 is 11.6 Å². The topological polar surface area (TPSA) is 12.0 Å². The monoisotopic (exact) mass is 237 g/mol. The van der Waals surface area contributed by atoms with Gasteiger partial charge in [0.2, 0.25) is 0 Å². The molecule has 0 radical (unpaired) electrons. The molecule has 2 heteroatoms. The van der Waals surface area contributed by atoms with Crippen molar-refractivity contribution in [1.82, 2.24) is 5.32 Å². The number of rotatable bonds is 1. The van der Waals surface area contributed by atoms with Crippen molar-refractivity contribution < 1.29 is 0 Å². The second-order valence-electron chi connectivity index (χ2n) is 5.49. The molecule has 0 fully saturated rings. The number of benzene rings is 1. The number of hydrogen-bond donors (Lipinski definition) is 1. The molecule has 0 saturated heterocycles. The van der Waals surface area contributed by atoms with Crippen molar-refractivity contribution in [2.24, 2.45) is 0 Å². The van der Waals surface area contributed by atoms with Gasteiger partial charge in [0.1, 0.15) is 0 Å². The molecule has 88 valence electrons. The van der Waals surface area contributed by atoms with Gasteiger partial charge in [-0.15, -0.1) is 0 Å². The fourth-order valence-corrected chi connectivity index (χ4v) is 3.00.